The third-order valence-corrected chi connectivity index (χ3v) is 7.17. The van der Waals surface area contributed by atoms with Gasteiger partial charge < -0.3 is 23.9 Å². The van der Waals surface area contributed by atoms with Crippen LogP contribution in [-0.2, 0) is 29.5 Å². The van der Waals surface area contributed by atoms with E-state index in [0.29, 0.717) is 12.2 Å². The Morgan fingerprint density at radius 3 is 2.43 bits per heavy atom. The monoisotopic (exact) mass is 663 g/mol. The molecule has 0 N–H and O–H groups in total. The Morgan fingerprint density at radius 2 is 1.84 bits per heavy atom. The van der Waals surface area contributed by atoms with Crippen LogP contribution in [0, 0.1) is 12.7 Å². The predicted molar refractivity (Wildman–Crippen MR) is 150 cm³/mol. The summed E-state index contributed by atoms with van der Waals surface area (Å²) in [5.41, 5.74) is -2.89. The molecule has 2 atom stereocenters. The molecule has 0 fully saturated rings. The van der Waals surface area contributed by atoms with Gasteiger partial charge in [0.05, 0.1) is 34.9 Å². The molecule has 1 unspecified atom stereocenters. The van der Waals surface area contributed by atoms with Crippen LogP contribution in [0.5, 0.6) is 0 Å². The minimum absolute atomic E-state index is 0.0738. The Hall–Kier alpha value is -3.78. The van der Waals surface area contributed by atoms with Crippen LogP contribution in [0.15, 0.2) is 40.6 Å². The molecule has 2 heterocycles. The van der Waals surface area contributed by atoms with Gasteiger partial charge in [-0.2, -0.15) is 13.2 Å². The van der Waals surface area contributed by atoms with Crippen molar-refractivity contribution >= 4 is 46.9 Å². The van der Waals surface area contributed by atoms with Gasteiger partial charge >= 0.3 is 12.3 Å². The van der Waals surface area contributed by atoms with Crippen LogP contribution in [-0.4, -0.2) is 60.4 Å². The molecule has 238 valence electrons. The van der Waals surface area contributed by atoms with Crippen molar-refractivity contribution in [2.24, 2.45) is 10.3 Å². The Labute approximate surface area is 259 Å². The average molecular weight is 664 g/mol. The van der Waals surface area contributed by atoms with Gasteiger partial charge in [0, 0.05) is 17.5 Å². The number of carbonyl (C=O) groups is 2. The number of benzene rings is 2. The lowest BCUT2D eigenvalue weighted by Crippen LogP contribution is -2.43. The van der Waals surface area contributed by atoms with Crippen molar-refractivity contribution in [3.8, 4) is 0 Å². The molecule has 16 heteroatoms. The van der Waals surface area contributed by atoms with Crippen LogP contribution in [0.25, 0.3) is 0 Å². The van der Waals surface area contributed by atoms with E-state index in [0.717, 1.165) is 17.0 Å². The molecule has 1 amide bonds. The van der Waals surface area contributed by atoms with Gasteiger partial charge in [0.1, 0.15) is 0 Å². The molecular weight excluding hydrogens is 637 g/mol. The first-order valence-corrected chi connectivity index (χ1v) is 14.0. The Kier molecular flexibility index (Phi) is 9.83. The molecule has 2 aromatic rings. The molecule has 10 nitrogen and oxygen atoms in total. The van der Waals surface area contributed by atoms with Gasteiger partial charge in [-0.05, 0) is 68.2 Å². The third kappa shape index (κ3) is 6.80. The number of ether oxygens (including phenoxy) is 3. The maximum absolute atomic E-state index is 14.4. The SMILES string of the molecule is CCOC1=NOC(N(COC(=O)OC(C)C)C(=O)c2ccc(C3=NO[C@@](c4cc(Cl)c(F)c(Cl)c4)(C(F)(F)F)C3)cc2C)C1. The van der Waals surface area contributed by atoms with Gasteiger partial charge in [-0.15, -0.1) is 0 Å². The number of oxime groups is 2. The molecular formula is C28H27Cl2F4N3O7. The zero-order chi connectivity index (χ0) is 32.4. The van der Waals surface area contributed by atoms with Gasteiger partial charge in [-0.3, -0.25) is 9.69 Å². The van der Waals surface area contributed by atoms with Gasteiger partial charge in [-0.1, -0.05) is 34.4 Å². The fourth-order valence-corrected chi connectivity index (χ4v) is 4.96. The van der Waals surface area contributed by atoms with Gasteiger partial charge in [0.25, 0.3) is 11.5 Å². The molecule has 2 aliphatic rings. The summed E-state index contributed by atoms with van der Waals surface area (Å²) in [6, 6.07) is 5.81. The van der Waals surface area contributed by atoms with Crippen molar-refractivity contribution < 1.29 is 51.0 Å². The number of alkyl halides is 3. The second-order valence-corrected chi connectivity index (χ2v) is 10.9. The first-order chi connectivity index (χ1) is 20.7. The second-order valence-electron chi connectivity index (χ2n) is 10.1. The Morgan fingerprint density at radius 1 is 1.16 bits per heavy atom. The highest BCUT2D eigenvalue weighted by atomic mass is 35.5. The van der Waals surface area contributed by atoms with Crippen molar-refractivity contribution in [1.29, 1.82) is 0 Å². The molecule has 0 aliphatic carbocycles. The van der Waals surface area contributed by atoms with E-state index in [9.17, 15) is 27.2 Å². The summed E-state index contributed by atoms with van der Waals surface area (Å²) in [5.74, 6) is -1.46. The molecule has 0 saturated heterocycles. The lowest BCUT2D eigenvalue weighted by molar-refractivity contribution is -0.275. The van der Waals surface area contributed by atoms with Crippen LogP contribution >= 0.6 is 23.2 Å². The van der Waals surface area contributed by atoms with E-state index in [-0.39, 0.29) is 29.2 Å². The van der Waals surface area contributed by atoms with Gasteiger partial charge in [0.2, 0.25) is 12.1 Å². The van der Waals surface area contributed by atoms with Crippen molar-refractivity contribution in [2.75, 3.05) is 13.3 Å². The zero-order valence-corrected chi connectivity index (χ0v) is 25.3. The topological polar surface area (TPSA) is 108 Å². The first-order valence-electron chi connectivity index (χ1n) is 13.2. The number of halogens is 6. The highest BCUT2D eigenvalue weighted by Gasteiger charge is 2.62. The van der Waals surface area contributed by atoms with E-state index < -0.39 is 70.7 Å². The molecule has 0 radical (unpaired) electrons. The van der Waals surface area contributed by atoms with Crippen LogP contribution in [0.1, 0.15) is 60.7 Å². The van der Waals surface area contributed by atoms with Gasteiger partial charge in [0.15, 0.2) is 12.5 Å². The molecule has 0 spiro atoms. The summed E-state index contributed by atoms with van der Waals surface area (Å²) in [6.45, 7) is 6.32. The lowest BCUT2D eigenvalue weighted by atomic mass is 9.86. The van der Waals surface area contributed by atoms with Crippen molar-refractivity contribution in [1.82, 2.24) is 4.90 Å². The van der Waals surface area contributed by atoms with E-state index >= 15 is 0 Å². The second kappa shape index (κ2) is 13.1. The molecule has 0 aromatic heterocycles. The molecule has 44 heavy (non-hydrogen) atoms. The van der Waals surface area contributed by atoms with Crippen LogP contribution in [0.4, 0.5) is 22.4 Å². The van der Waals surface area contributed by atoms with Crippen molar-refractivity contribution in [2.45, 2.75) is 64.6 Å². The number of nitrogens with zero attached hydrogens (tertiary/aromatic N) is 3. The zero-order valence-electron chi connectivity index (χ0n) is 23.8. The molecule has 0 bridgehead atoms. The highest BCUT2D eigenvalue weighted by Crippen LogP contribution is 2.50. The van der Waals surface area contributed by atoms with E-state index in [1.165, 1.54) is 18.2 Å². The summed E-state index contributed by atoms with van der Waals surface area (Å²) in [6.07, 6.45) is -8.16. The summed E-state index contributed by atoms with van der Waals surface area (Å²) >= 11 is 11.6. The minimum Gasteiger partial charge on any atom is -0.479 e. The maximum atomic E-state index is 14.4. The van der Waals surface area contributed by atoms with E-state index in [4.69, 9.17) is 47.1 Å². The molecule has 0 saturated carbocycles. The van der Waals surface area contributed by atoms with Crippen molar-refractivity contribution in [3.63, 3.8) is 0 Å². The quantitative estimate of drug-likeness (QED) is 0.128. The summed E-state index contributed by atoms with van der Waals surface area (Å²) < 4.78 is 72.6. The van der Waals surface area contributed by atoms with Crippen molar-refractivity contribution in [3.05, 3.63) is 68.4 Å². The standard InChI is InChI=1S/C28H27Cl2F4N3O7/c1-5-40-22-11-23(43-36-22)37(13-41-26(39)42-14(2)3)25(38)18-7-6-16(8-15(18)4)21-12-27(44-35-21,28(32,33)34)17-9-19(29)24(31)20(30)10-17/h6-10,14,23H,5,11-13H2,1-4H3/t23?,27-/m0/s1. The maximum Gasteiger partial charge on any atom is 0.510 e. The van der Waals surface area contributed by atoms with E-state index in [1.54, 1.807) is 27.7 Å². The largest absolute Gasteiger partial charge is 0.510 e. The van der Waals surface area contributed by atoms with Gasteiger partial charge in [-0.25, -0.2) is 9.18 Å². The lowest BCUT2D eigenvalue weighted by Gasteiger charge is -2.29. The highest BCUT2D eigenvalue weighted by molar-refractivity contribution is 6.35. The number of hydrogen-bond acceptors (Lipinski definition) is 9. The summed E-state index contributed by atoms with van der Waals surface area (Å²) in [4.78, 5) is 37.1. The fraction of sp³-hybridized carbons (Fsp3) is 0.429. The number of amides is 1. The Balaban J connectivity index is 1.59. The average Bonchev–Trinajstić information content (AvgIpc) is 3.60. The Bertz CT molecular complexity index is 1480. The fourth-order valence-electron chi connectivity index (χ4n) is 4.47. The third-order valence-electron chi connectivity index (χ3n) is 6.62. The number of hydrogen-bond donors (Lipinski definition) is 0. The summed E-state index contributed by atoms with van der Waals surface area (Å²) in [5, 5.41) is 6.29. The van der Waals surface area contributed by atoms with Crippen LogP contribution in [0.2, 0.25) is 10.0 Å². The normalized spacial score (nSPS) is 19.6. The first kappa shape index (κ1) is 33.1. The predicted octanol–water partition coefficient (Wildman–Crippen LogP) is 7.08. The number of aryl methyl sites for hydroxylation is 1. The molecule has 4 rings (SSSR count). The molecule has 2 aromatic carbocycles. The van der Waals surface area contributed by atoms with Crippen LogP contribution < -0.4 is 0 Å². The van der Waals surface area contributed by atoms with E-state index in [1.807, 2.05) is 0 Å². The number of carbonyl (C=O) groups excluding carboxylic acids is 2. The molecule has 2 aliphatic heterocycles. The minimum atomic E-state index is -4.99. The van der Waals surface area contributed by atoms with Crippen LogP contribution in [0.3, 0.4) is 0 Å². The smallest absolute Gasteiger partial charge is 0.479 e. The summed E-state index contributed by atoms with van der Waals surface area (Å²) in [7, 11) is 0. The number of rotatable bonds is 8. The van der Waals surface area contributed by atoms with E-state index in [2.05, 4.69) is 10.3 Å².